The van der Waals surface area contributed by atoms with Crippen LogP contribution in [0.5, 0.6) is 5.75 Å². The molecule has 4 aliphatic rings. The Labute approximate surface area is 368 Å². The van der Waals surface area contributed by atoms with E-state index in [0.29, 0.717) is 33.8 Å². The molecule has 6 unspecified atom stereocenters. The second-order valence-corrected chi connectivity index (χ2v) is 18.5. The van der Waals surface area contributed by atoms with Gasteiger partial charge in [0.15, 0.2) is 5.69 Å². The van der Waals surface area contributed by atoms with Crippen molar-refractivity contribution in [3.05, 3.63) is 121 Å². The first-order chi connectivity index (χ1) is 29.9. The minimum Gasteiger partial charge on any atom is -0.507 e. The third kappa shape index (κ3) is 5.96. The van der Waals surface area contributed by atoms with Crippen molar-refractivity contribution < 1.29 is 34.1 Å². The van der Waals surface area contributed by atoms with E-state index in [4.69, 9.17) is 16.7 Å². The molecule has 6 atom stereocenters. The molecular weight excluding hydrogens is 850 g/mol. The number of hydrogen-bond donors (Lipinski definition) is 1. The van der Waals surface area contributed by atoms with Crippen LogP contribution in [-0.2, 0) is 32.6 Å². The summed E-state index contributed by atoms with van der Waals surface area (Å²) in [5.74, 6) is -7.25. The Bertz CT molecular complexity index is 2920. The molecule has 0 spiro atoms. The van der Waals surface area contributed by atoms with Crippen molar-refractivity contribution >= 4 is 85.2 Å². The summed E-state index contributed by atoms with van der Waals surface area (Å²) in [6.07, 6.45) is 3.74. The summed E-state index contributed by atoms with van der Waals surface area (Å²) in [4.78, 5) is 86.5. The lowest BCUT2D eigenvalue weighted by molar-refractivity contribution is -0.392. The first kappa shape index (κ1) is 41.6. The van der Waals surface area contributed by atoms with E-state index in [-0.39, 0.29) is 35.8 Å². The van der Waals surface area contributed by atoms with Gasteiger partial charge < -0.3 is 10.0 Å². The number of nitro groups is 2. The van der Waals surface area contributed by atoms with Gasteiger partial charge >= 0.3 is 11.4 Å². The molecule has 5 aromatic rings. The van der Waals surface area contributed by atoms with Crippen LogP contribution in [0.2, 0.25) is 5.02 Å². The Morgan fingerprint density at radius 2 is 1.70 bits per heavy atom. The first-order valence-electron chi connectivity index (χ1n) is 20.2. The van der Waals surface area contributed by atoms with Gasteiger partial charge in [0.25, 0.3) is 0 Å². The van der Waals surface area contributed by atoms with Crippen molar-refractivity contribution in [2.24, 2.45) is 36.1 Å². The number of anilines is 3. The highest BCUT2D eigenvalue weighted by Crippen LogP contribution is 2.65. The number of phenols is 1. The van der Waals surface area contributed by atoms with Gasteiger partial charge in [-0.05, 0) is 73.7 Å². The highest BCUT2D eigenvalue weighted by atomic mass is 35.5. The van der Waals surface area contributed by atoms with Crippen molar-refractivity contribution in [1.29, 1.82) is 0 Å². The maximum absolute atomic E-state index is 15.3. The lowest BCUT2D eigenvalue weighted by Gasteiger charge is -2.49. The first-order valence-corrected chi connectivity index (χ1v) is 21.3. The van der Waals surface area contributed by atoms with Crippen LogP contribution < -0.4 is 14.7 Å². The Kier molecular flexibility index (Phi) is 9.71. The highest BCUT2D eigenvalue weighted by molar-refractivity contribution is 7.22. The van der Waals surface area contributed by atoms with Crippen LogP contribution in [0.4, 0.5) is 28.6 Å². The number of aromatic nitrogens is 2. The number of fused-ring (bicyclic) bond motifs is 5. The fourth-order valence-electron chi connectivity index (χ4n) is 10.7. The summed E-state index contributed by atoms with van der Waals surface area (Å²) < 4.78 is 2.47. The van der Waals surface area contributed by atoms with E-state index in [0.717, 1.165) is 42.5 Å². The molecule has 1 saturated carbocycles. The molecule has 1 N–H and O–H groups in total. The maximum Gasteiger partial charge on any atom is 0.301 e. The number of aryl methyl sites for hydroxylation is 2. The fraction of sp³-hybridized carbons (Fsp3) is 0.311. The number of halogens is 1. The molecule has 18 heteroatoms. The Balaban J connectivity index is 1.17. The zero-order valence-electron chi connectivity index (χ0n) is 34.7. The van der Waals surface area contributed by atoms with Crippen molar-refractivity contribution in [2.75, 3.05) is 28.8 Å². The summed E-state index contributed by atoms with van der Waals surface area (Å²) in [5, 5.41) is 42.8. The van der Waals surface area contributed by atoms with Gasteiger partial charge in [0.05, 0.1) is 43.6 Å². The molecule has 322 valence electrons. The van der Waals surface area contributed by atoms with Gasteiger partial charge in [-0.25, -0.2) is 9.80 Å². The van der Waals surface area contributed by atoms with E-state index < -0.39 is 79.9 Å². The number of benzene rings is 3. The molecule has 9 rings (SSSR count). The molecule has 16 nitrogen and oxygen atoms in total. The van der Waals surface area contributed by atoms with Gasteiger partial charge in [0, 0.05) is 60.5 Å². The molecule has 2 aliphatic heterocycles. The zero-order valence-corrected chi connectivity index (χ0v) is 36.3. The lowest BCUT2D eigenvalue weighted by atomic mass is 9.51. The molecule has 2 aliphatic carbocycles. The molecule has 4 heterocycles. The van der Waals surface area contributed by atoms with E-state index in [1.54, 1.807) is 50.4 Å². The number of thiophene rings is 1. The Hall–Kier alpha value is -6.72. The number of amides is 4. The van der Waals surface area contributed by atoms with Crippen LogP contribution in [0, 0.1) is 56.2 Å². The number of aromatic hydroxyl groups is 1. The van der Waals surface area contributed by atoms with Crippen LogP contribution in [0.1, 0.15) is 42.4 Å². The molecule has 4 amide bonds. The zero-order chi connectivity index (χ0) is 45.1. The number of carbonyl (C=O) groups is 4. The Morgan fingerprint density at radius 3 is 2.35 bits per heavy atom. The van der Waals surface area contributed by atoms with Crippen LogP contribution in [0.3, 0.4) is 0 Å². The van der Waals surface area contributed by atoms with Crippen molar-refractivity contribution in [1.82, 2.24) is 9.78 Å². The van der Waals surface area contributed by atoms with Gasteiger partial charge in [0.1, 0.15) is 17.3 Å². The molecule has 3 aromatic carbocycles. The van der Waals surface area contributed by atoms with Crippen LogP contribution >= 0.6 is 22.9 Å². The average molecular weight is 890 g/mol. The predicted octanol–water partition coefficient (Wildman–Crippen LogP) is 8.02. The van der Waals surface area contributed by atoms with Gasteiger partial charge in [0.2, 0.25) is 23.6 Å². The third-order valence-corrected chi connectivity index (χ3v) is 15.0. The largest absolute Gasteiger partial charge is 0.507 e. The molecule has 63 heavy (non-hydrogen) atoms. The number of nitro benzene ring substituents is 2. The quantitative estimate of drug-likeness (QED) is 0.0650. The van der Waals surface area contributed by atoms with E-state index in [1.807, 2.05) is 25.1 Å². The average Bonchev–Trinajstić information content (AvgIpc) is 3.91. The van der Waals surface area contributed by atoms with E-state index in [2.05, 4.69) is 6.58 Å². The number of rotatable bonds is 9. The van der Waals surface area contributed by atoms with Crippen molar-refractivity contribution in [3.8, 4) is 16.3 Å². The van der Waals surface area contributed by atoms with Crippen molar-refractivity contribution in [2.45, 2.75) is 39.0 Å². The molecular formula is C45H40ClN7O9S. The van der Waals surface area contributed by atoms with Gasteiger partial charge in [-0.1, -0.05) is 47.5 Å². The van der Waals surface area contributed by atoms with E-state index in [1.165, 1.54) is 35.0 Å². The second kappa shape index (κ2) is 14.7. The molecule has 3 fully saturated rings. The lowest BCUT2D eigenvalue weighted by Crippen LogP contribution is -2.49. The molecule has 2 saturated heterocycles. The fourth-order valence-corrected chi connectivity index (χ4v) is 12.0. The summed E-state index contributed by atoms with van der Waals surface area (Å²) >= 11 is 7.83. The summed E-state index contributed by atoms with van der Waals surface area (Å²) in [7, 11) is 4.47. The summed E-state index contributed by atoms with van der Waals surface area (Å²) in [6.45, 7) is 7.49. The van der Waals surface area contributed by atoms with Crippen LogP contribution in [0.25, 0.3) is 20.7 Å². The minimum atomic E-state index is -1.50. The van der Waals surface area contributed by atoms with Crippen molar-refractivity contribution in [3.63, 3.8) is 0 Å². The number of hydrogen-bond acceptors (Lipinski definition) is 12. The summed E-state index contributed by atoms with van der Waals surface area (Å²) in [6, 6.07) is 14.5. The Morgan fingerprint density at radius 1 is 1.00 bits per heavy atom. The van der Waals surface area contributed by atoms with Gasteiger partial charge in [-0.3, -0.25) is 44.1 Å². The number of imide groups is 2. The van der Waals surface area contributed by atoms with E-state index >= 15 is 9.59 Å². The summed E-state index contributed by atoms with van der Waals surface area (Å²) in [5.41, 5.74) is -0.482. The third-order valence-electron chi connectivity index (χ3n) is 13.5. The second-order valence-electron chi connectivity index (χ2n) is 17.0. The number of carbonyl (C=O) groups excluding carboxylic acids is 4. The SMILES string of the molecule is C=CCc1cccc(C2C3=CCC4C(=O)N(c5cc([N+](=O)[O-])c(N(C)C)c([N+](=O)[O-])c5)C(=O)C4C3CC3C(=O)N(c4cc(-c5sc6ccc(Cl)cc6c5C)nn4C)C(=O)C32C)c1O. The standard InChI is InChI=1S/C45H40ClN7O9S/c1-7-9-22-10-8-11-27(39(22)54)37-25-13-14-26-36(43(57)50(41(26)55)24-17-32(52(59)60)38(48(4)5)33(18-24)53(61)62)29(25)19-30-42(56)51(44(58)45(30,37)3)35-20-31(47-49(35)6)40-21(2)28-16-23(46)12-15-34(28)63-40/h7-8,10-13,15-18,20,26,29-30,36-37,54H,1,9,14,19H2,2-6H3. The number of nitrogens with zero attached hydrogens (tertiary/aromatic N) is 7. The number of allylic oxidation sites excluding steroid dienone is 3. The van der Waals surface area contributed by atoms with E-state index in [9.17, 15) is 34.9 Å². The maximum atomic E-state index is 15.3. The highest BCUT2D eigenvalue weighted by Gasteiger charge is 2.68. The molecule has 0 bridgehead atoms. The smallest absolute Gasteiger partial charge is 0.301 e. The number of phenolic OH excluding ortho intramolecular Hbond substituents is 1. The predicted molar refractivity (Wildman–Crippen MR) is 237 cm³/mol. The molecule has 0 radical (unpaired) electrons. The topological polar surface area (TPSA) is 202 Å². The number of para-hydroxylation sites is 1. The van der Waals surface area contributed by atoms with Crippen LogP contribution in [0.15, 0.2) is 78.9 Å². The normalized spacial score (nSPS) is 24.1. The van der Waals surface area contributed by atoms with Crippen LogP contribution in [-0.4, -0.2) is 62.5 Å². The van der Waals surface area contributed by atoms with Gasteiger partial charge in [-0.2, -0.15) is 5.10 Å². The minimum absolute atomic E-state index is 0.0260. The van der Waals surface area contributed by atoms with Gasteiger partial charge in [-0.15, -0.1) is 17.9 Å². The monoisotopic (exact) mass is 889 g/mol. The molecule has 2 aromatic heterocycles.